The van der Waals surface area contributed by atoms with Crippen molar-refractivity contribution in [3.63, 3.8) is 0 Å². The van der Waals surface area contributed by atoms with E-state index in [2.05, 4.69) is 10.3 Å². The summed E-state index contributed by atoms with van der Waals surface area (Å²) in [4.78, 5) is 14.5. The molecule has 100 valence electrons. The van der Waals surface area contributed by atoms with E-state index in [0.29, 0.717) is 5.69 Å². The summed E-state index contributed by atoms with van der Waals surface area (Å²) in [6.07, 6.45) is 2.55. The molecule has 20 heavy (non-hydrogen) atoms. The third-order valence-corrected chi connectivity index (χ3v) is 2.47. The molecule has 2 aromatic rings. The van der Waals surface area contributed by atoms with E-state index < -0.39 is 4.92 Å². The van der Waals surface area contributed by atoms with Gasteiger partial charge in [0.05, 0.1) is 16.8 Å². The number of allylic oxidation sites excluding steroid dienone is 1. The largest absolute Gasteiger partial charge is 0.356 e. The van der Waals surface area contributed by atoms with E-state index in [4.69, 9.17) is 0 Å². The van der Waals surface area contributed by atoms with E-state index in [1.54, 1.807) is 12.1 Å². The van der Waals surface area contributed by atoms with Crippen molar-refractivity contribution in [2.45, 2.75) is 0 Å². The summed E-state index contributed by atoms with van der Waals surface area (Å²) < 4.78 is 0. The first kappa shape index (κ1) is 13.5. The molecule has 0 spiro atoms. The van der Waals surface area contributed by atoms with Gasteiger partial charge in [-0.15, -0.1) is 0 Å². The van der Waals surface area contributed by atoms with Gasteiger partial charge >= 0.3 is 5.70 Å². The molecule has 0 aliphatic carbocycles. The van der Waals surface area contributed by atoms with E-state index in [0.717, 1.165) is 5.69 Å². The number of rotatable bonds is 5. The van der Waals surface area contributed by atoms with Crippen LogP contribution in [0.2, 0.25) is 0 Å². The Morgan fingerprint density at radius 2 is 1.65 bits per heavy atom. The fraction of sp³-hybridized carbons (Fsp3) is 0. The second kappa shape index (κ2) is 6.84. The molecule has 0 amide bonds. The number of nitrogens with zero attached hydrogens (tertiary/aromatic N) is 2. The maximum absolute atomic E-state index is 10.9. The van der Waals surface area contributed by atoms with Crippen molar-refractivity contribution in [2.75, 3.05) is 5.32 Å². The lowest BCUT2D eigenvalue weighted by atomic mass is 10.3. The highest BCUT2D eigenvalue weighted by molar-refractivity contribution is 5.78. The van der Waals surface area contributed by atoms with E-state index in [1.807, 2.05) is 48.5 Å². The van der Waals surface area contributed by atoms with Crippen LogP contribution in [0.3, 0.4) is 0 Å². The normalized spacial score (nSPS) is 11.5. The van der Waals surface area contributed by atoms with Crippen molar-refractivity contribution < 1.29 is 4.92 Å². The second-order valence-corrected chi connectivity index (χ2v) is 3.93. The van der Waals surface area contributed by atoms with Gasteiger partial charge in [-0.1, -0.05) is 36.4 Å². The molecule has 2 rings (SSSR count). The maximum atomic E-state index is 10.9. The third-order valence-electron chi connectivity index (χ3n) is 2.47. The predicted octanol–water partition coefficient (Wildman–Crippen LogP) is 3.62. The molecule has 0 heterocycles. The van der Waals surface area contributed by atoms with Gasteiger partial charge in [0.25, 0.3) is 0 Å². The SMILES string of the molecule is O=[N+]([O-])/C(C=Nc1ccccc1)=C\Nc1ccccc1. The quantitative estimate of drug-likeness (QED) is 0.511. The summed E-state index contributed by atoms with van der Waals surface area (Å²) in [5, 5.41) is 13.8. The van der Waals surface area contributed by atoms with Crippen molar-refractivity contribution in [3.05, 3.63) is 82.7 Å². The van der Waals surface area contributed by atoms with Crippen LogP contribution in [0, 0.1) is 10.1 Å². The number of hydrogen-bond acceptors (Lipinski definition) is 4. The Morgan fingerprint density at radius 1 is 1.05 bits per heavy atom. The van der Waals surface area contributed by atoms with Crippen LogP contribution in [-0.4, -0.2) is 11.1 Å². The van der Waals surface area contributed by atoms with Crippen LogP contribution in [0.5, 0.6) is 0 Å². The molecule has 0 aliphatic rings. The van der Waals surface area contributed by atoms with Gasteiger partial charge in [-0.05, 0) is 24.3 Å². The Kier molecular flexibility index (Phi) is 4.61. The van der Waals surface area contributed by atoms with Crippen LogP contribution in [0.15, 0.2) is 77.6 Å². The molecule has 0 saturated heterocycles. The van der Waals surface area contributed by atoms with Crippen LogP contribution < -0.4 is 5.32 Å². The van der Waals surface area contributed by atoms with Gasteiger partial charge in [0.1, 0.15) is 6.21 Å². The predicted molar refractivity (Wildman–Crippen MR) is 79.7 cm³/mol. The zero-order valence-electron chi connectivity index (χ0n) is 10.6. The van der Waals surface area contributed by atoms with Crippen LogP contribution in [0.1, 0.15) is 0 Å². The van der Waals surface area contributed by atoms with Gasteiger partial charge in [-0.25, -0.2) is 4.99 Å². The van der Waals surface area contributed by atoms with Crippen LogP contribution in [0.4, 0.5) is 11.4 Å². The number of nitro groups is 1. The third kappa shape index (κ3) is 4.06. The smallest absolute Gasteiger partial charge is 0.303 e. The Bertz CT molecular complexity index is 622. The summed E-state index contributed by atoms with van der Waals surface area (Å²) in [5.74, 6) is 0. The zero-order valence-corrected chi connectivity index (χ0v) is 10.6. The standard InChI is InChI=1S/C15H13N3O2/c19-18(20)15(11-16-13-7-3-1-4-8-13)12-17-14-9-5-2-6-10-14/h1-12,16H/b15-11-,17-12?. The van der Waals surface area contributed by atoms with Gasteiger partial charge in [-0.2, -0.15) is 0 Å². The lowest BCUT2D eigenvalue weighted by molar-refractivity contribution is -0.414. The molecule has 0 radical (unpaired) electrons. The van der Waals surface area contributed by atoms with Crippen LogP contribution in [-0.2, 0) is 0 Å². The Balaban J connectivity index is 2.11. The van der Waals surface area contributed by atoms with Crippen molar-refractivity contribution >= 4 is 17.6 Å². The van der Waals surface area contributed by atoms with Crippen molar-refractivity contribution in [2.24, 2.45) is 4.99 Å². The Labute approximate surface area is 116 Å². The fourth-order valence-corrected chi connectivity index (χ4v) is 1.48. The van der Waals surface area contributed by atoms with Gasteiger partial charge < -0.3 is 5.32 Å². The monoisotopic (exact) mass is 267 g/mol. The Morgan fingerprint density at radius 3 is 2.25 bits per heavy atom. The lowest BCUT2D eigenvalue weighted by Crippen LogP contribution is -2.03. The molecular weight excluding hydrogens is 254 g/mol. The number of anilines is 1. The Hall–Kier alpha value is -2.95. The fourth-order valence-electron chi connectivity index (χ4n) is 1.48. The summed E-state index contributed by atoms with van der Waals surface area (Å²) >= 11 is 0. The molecule has 0 aliphatic heterocycles. The minimum absolute atomic E-state index is 0.113. The average Bonchev–Trinajstić information content (AvgIpc) is 2.49. The molecule has 1 N–H and O–H groups in total. The highest BCUT2D eigenvalue weighted by Gasteiger charge is 2.06. The minimum atomic E-state index is -0.484. The molecule has 0 bridgehead atoms. The first-order valence-electron chi connectivity index (χ1n) is 6.01. The molecule has 0 unspecified atom stereocenters. The van der Waals surface area contributed by atoms with E-state index in [-0.39, 0.29) is 5.70 Å². The van der Waals surface area contributed by atoms with Crippen LogP contribution >= 0.6 is 0 Å². The lowest BCUT2D eigenvalue weighted by Gasteiger charge is -1.99. The van der Waals surface area contributed by atoms with Gasteiger partial charge in [0.15, 0.2) is 0 Å². The molecule has 5 heteroatoms. The number of benzene rings is 2. The minimum Gasteiger partial charge on any atom is -0.356 e. The van der Waals surface area contributed by atoms with E-state index >= 15 is 0 Å². The number of nitrogens with one attached hydrogen (secondary N) is 1. The molecule has 0 saturated carbocycles. The first-order valence-corrected chi connectivity index (χ1v) is 6.01. The molecule has 0 atom stereocenters. The van der Waals surface area contributed by atoms with Crippen LogP contribution in [0.25, 0.3) is 0 Å². The first-order chi connectivity index (χ1) is 9.75. The average molecular weight is 267 g/mol. The molecule has 0 fully saturated rings. The molecule has 2 aromatic carbocycles. The van der Waals surface area contributed by atoms with Crippen molar-refractivity contribution in [3.8, 4) is 0 Å². The van der Waals surface area contributed by atoms with Gasteiger partial charge in [0.2, 0.25) is 0 Å². The van der Waals surface area contributed by atoms with E-state index in [9.17, 15) is 10.1 Å². The number of para-hydroxylation sites is 2. The van der Waals surface area contributed by atoms with E-state index in [1.165, 1.54) is 12.4 Å². The summed E-state index contributed by atoms with van der Waals surface area (Å²) in [6.45, 7) is 0. The van der Waals surface area contributed by atoms with Crippen molar-refractivity contribution in [1.82, 2.24) is 0 Å². The summed E-state index contributed by atoms with van der Waals surface area (Å²) in [5.41, 5.74) is 1.33. The summed E-state index contributed by atoms with van der Waals surface area (Å²) in [7, 11) is 0. The molecular formula is C15H13N3O2. The second-order valence-electron chi connectivity index (χ2n) is 3.93. The maximum Gasteiger partial charge on any atom is 0.303 e. The van der Waals surface area contributed by atoms with Gasteiger partial charge in [-0.3, -0.25) is 10.1 Å². The number of hydrogen-bond donors (Lipinski definition) is 1. The zero-order chi connectivity index (χ0) is 14.2. The topological polar surface area (TPSA) is 67.5 Å². The van der Waals surface area contributed by atoms with Crippen molar-refractivity contribution in [1.29, 1.82) is 0 Å². The summed E-state index contributed by atoms with van der Waals surface area (Å²) in [6, 6.07) is 18.3. The molecule has 0 aromatic heterocycles. The van der Waals surface area contributed by atoms with Gasteiger partial charge in [0, 0.05) is 5.69 Å². The highest BCUT2D eigenvalue weighted by Crippen LogP contribution is 2.10. The number of aliphatic imine (C=N–C) groups is 1. The molecule has 5 nitrogen and oxygen atoms in total. The highest BCUT2D eigenvalue weighted by atomic mass is 16.6.